The van der Waals surface area contributed by atoms with E-state index in [1.807, 2.05) is 19.1 Å². The van der Waals surface area contributed by atoms with Crippen LogP contribution in [0.1, 0.15) is 22.8 Å². The first-order chi connectivity index (χ1) is 9.22. The molecule has 0 aliphatic carbocycles. The predicted molar refractivity (Wildman–Crippen MR) is 73.3 cm³/mol. The number of nitrogens with two attached hydrogens (primary N) is 1. The molecule has 5 nitrogen and oxygen atoms in total. The summed E-state index contributed by atoms with van der Waals surface area (Å²) in [6.07, 6.45) is 6.50. The quantitative estimate of drug-likeness (QED) is 0.904. The molecule has 2 heterocycles. The number of carbonyl (C=O) groups excluding carboxylic acids is 1. The molecule has 2 aromatic rings. The van der Waals surface area contributed by atoms with E-state index in [-0.39, 0.29) is 5.91 Å². The van der Waals surface area contributed by atoms with Crippen molar-refractivity contribution in [2.24, 2.45) is 0 Å². The number of nitrogens with zero attached hydrogens (tertiary/aromatic N) is 3. The van der Waals surface area contributed by atoms with Gasteiger partial charge in [-0.2, -0.15) is 0 Å². The first-order valence-corrected chi connectivity index (χ1v) is 6.10. The van der Waals surface area contributed by atoms with E-state index in [9.17, 15) is 4.79 Å². The van der Waals surface area contributed by atoms with E-state index in [1.165, 1.54) is 6.20 Å². The molecule has 0 aromatic carbocycles. The van der Waals surface area contributed by atoms with Gasteiger partial charge in [0.2, 0.25) is 0 Å². The standard InChI is InChI=1S/C14H16N4O/c1-2-18(10-11-3-6-16-7-4-11)14(19)12-5-8-17-9-13(12)15/h3-9H,2,10,15H2,1H3. The summed E-state index contributed by atoms with van der Waals surface area (Å²) in [4.78, 5) is 22.0. The van der Waals surface area contributed by atoms with Gasteiger partial charge in [-0.05, 0) is 30.7 Å². The Bertz CT molecular complexity index is 556. The molecule has 0 fully saturated rings. The fourth-order valence-corrected chi connectivity index (χ4v) is 1.81. The van der Waals surface area contributed by atoms with E-state index < -0.39 is 0 Å². The number of hydrogen-bond donors (Lipinski definition) is 1. The molecule has 0 bridgehead atoms. The molecule has 19 heavy (non-hydrogen) atoms. The second-order valence-corrected chi connectivity index (χ2v) is 4.14. The van der Waals surface area contributed by atoms with Crippen molar-refractivity contribution in [3.05, 3.63) is 54.1 Å². The van der Waals surface area contributed by atoms with Gasteiger partial charge >= 0.3 is 0 Å². The van der Waals surface area contributed by atoms with Crippen LogP contribution in [0.3, 0.4) is 0 Å². The molecule has 2 N–H and O–H groups in total. The average Bonchev–Trinajstić information content (AvgIpc) is 2.46. The number of pyridine rings is 2. The van der Waals surface area contributed by atoms with Crippen molar-refractivity contribution in [1.29, 1.82) is 0 Å². The molecule has 0 aliphatic rings. The van der Waals surface area contributed by atoms with Crippen molar-refractivity contribution in [3.63, 3.8) is 0 Å². The molecule has 0 radical (unpaired) electrons. The minimum Gasteiger partial charge on any atom is -0.397 e. The minimum atomic E-state index is -0.0841. The van der Waals surface area contributed by atoms with Crippen LogP contribution < -0.4 is 5.73 Å². The maximum absolute atomic E-state index is 12.4. The predicted octanol–water partition coefficient (Wildman–Crippen LogP) is 1.72. The van der Waals surface area contributed by atoms with Crippen LogP contribution in [0.5, 0.6) is 0 Å². The SMILES string of the molecule is CCN(Cc1ccncc1)C(=O)c1ccncc1N. The summed E-state index contributed by atoms with van der Waals surface area (Å²) in [6, 6.07) is 5.44. The van der Waals surface area contributed by atoms with Crippen molar-refractivity contribution < 1.29 is 4.79 Å². The second-order valence-electron chi connectivity index (χ2n) is 4.14. The first kappa shape index (κ1) is 13.0. The number of amides is 1. The summed E-state index contributed by atoms with van der Waals surface area (Å²) in [5, 5.41) is 0. The molecule has 98 valence electrons. The van der Waals surface area contributed by atoms with Crippen LogP contribution in [0.4, 0.5) is 5.69 Å². The van der Waals surface area contributed by atoms with Crippen molar-refractivity contribution >= 4 is 11.6 Å². The Morgan fingerprint density at radius 2 is 1.89 bits per heavy atom. The summed E-state index contributed by atoms with van der Waals surface area (Å²) in [7, 11) is 0. The Labute approximate surface area is 112 Å². The van der Waals surface area contributed by atoms with Gasteiger partial charge in [-0.1, -0.05) is 0 Å². The maximum atomic E-state index is 12.4. The Morgan fingerprint density at radius 3 is 2.53 bits per heavy atom. The molecule has 0 unspecified atom stereocenters. The number of carbonyl (C=O) groups is 1. The van der Waals surface area contributed by atoms with Crippen molar-refractivity contribution in [3.8, 4) is 0 Å². The van der Waals surface area contributed by atoms with E-state index in [1.54, 1.807) is 29.6 Å². The van der Waals surface area contributed by atoms with Gasteiger partial charge in [0.15, 0.2) is 0 Å². The summed E-state index contributed by atoms with van der Waals surface area (Å²) in [5.41, 5.74) is 7.72. The fraction of sp³-hybridized carbons (Fsp3) is 0.214. The zero-order chi connectivity index (χ0) is 13.7. The Morgan fingerprint density at radius 1 is 1.21 bits per heavy atom. The molecule has 0 aliphatic heterocycles. The van der Waals surface area contributed by atoms with E-state index in [0.717, 1.165) is 5.56 Å². The number of nitrogen functional groups attached to an aromatic ring is 1. The Balaban J connectivity index is 2.18. The highest BCUT2D eigenvalue weighted by atomic mass is 16.2. The van der Waals surface area contributed by atoms with Crippen LogP contribution in [-0.4, -0.2) is 27.3 Å². The molecule has 2 rings (SSSR count). The molecule has 0 atom stereocenters. The van der Waals surface area contributed by atoms with Crippen molar-refractivity contribution in [2.45, 2.75) is 13.5 Å². The topological polar surface area (TPSA) is 72.1 Å². The van der Waals surface area contributed by atoms with Gasteiger partial charge in [-0.3, -0.25) is 14.8 Å². The van der Waals surface area contributed by atoms with Gasteiger partial charge in [-0.15, -0.1) is 0 Å². The number of rotatable bonds is 4. The Hall–Kier alpha value is -2.43. The highest BCUT2D eigenvalue weighted by Gasteiger charge is 2.16. The largest absolute Gasteiger partial charge is 0.397 e. The molecular weight excluding hydrogens is 240 g/mol. The van der Waals surface area contributed by atoms with Gasteiger partial charge in [0, 0.05) is 31.7 Å². The van der Waals surface area contributed by atoms with Crippen LogP contribution in [0.25, 0.3) is 0 Å². The lowest BCUT2D eigenvalue weighted by Gasteiger charge is -2.21. The monoisotopic (exact) mass is 256 g/mol. The summed E-state index contributed by atoms with van der Waals surface area (Å²) in [5.74, 6) is -0.0841. The van der Waals surface area contributed by atoms with Crippen LogP contribution in [0.15, 0.2) is 43.0 Å². The Kier molecular flexibility index (Phi) is 4.07. The zero-order valence-electron chi connectivity index (χ0n) is 10.8. The van der Waals surface area contributed by atoms with E-state index in [0.29, 0.717) is 24.3 Å². The van der Waals surface area contributed by atoms with E-state index in [4.69, 9.17) is 5.73 Å². The molecule has 0 saturated heterocycles. The van der Waals surface area contributed by atoms with Crippen LogP contribution in [0.2, 0.25) is 0 Å². The highest BCUT2D eigenvalue weighted by Crippen LogP contribution is 2.14. The van der Waals surface area contributed by atoms with Gasteiger partial charge in [0.1, 0.15) is 0 Å². The molecule has 0 spiro atoms. The third-order valence-electron chi connectivity index (χ3n) is 2.87. The second kappa shape index (κ2) is 5.95. The molecular formula is C14H16N4O. The van der Waals surface area contributed by atoms with Gasteiger partial charge < -0.3 is 10.6 Å². The molecule has 0 saturated carbocycles. The summed E-state index contributed by atoms with van der Waals surface area (Å²) >= 11 is 0. The summed E-state index contributed by atoms with van der Waals surface area (Å²) < 4.78 is 0. The van der Waals surface area contributed by atoms with Crippen LogP contribution in [-0.2, 0) is 6.54 Å². The maximum Gasteiger partial charge on any atom is 0.256 e. The lowest BCUT2D eigenvalue weighted by atomic mass is 10.2. The number of hydrogen-bond acceptors (Lipinski definition) is 4. The van der Waals surface area contributed by atoms with Crippen LogP contribution in [0, 0.1) is 0 Å². The lowest BCUT2D eigenvalue weighted by Crippen LogP contribution is -2.30. The van der Waals surface area contributed by atoms with Crippen molar-refractivity contribution in [2.75, 3.05) is 12.3 Å². The normalized spacial score (nSPS) is 10.2. The highest BCUT2D eigenvalue weighted by molar-refractivity contribution is 5.98. The summed E-state index contributed by atoms with van der Waals surface area (Å²) in [6.45, 7) is 3.10. The third kappa shape index (κ3) is 3.07. The van der Waals surface area contributed by atoms with Crippen molar-refractivity contribution in [1.82, 2.24) is 14.9 Å². The number of anilines is 1. The van der Waals surface area contributed by atoms with Gasteiger partial charge in [0.05, 0.1) is 17.4 Å². The van der Waals surface area contributed by atoms with E-state index >= 15 is 0 Å². The molecule has 1 amide bonds. The smallest absolute Gasteiger partial charge is 0.256 e. The first-order valence-electron chi connectivity index (χ1n) is 6.10. The number of aromatic nitrogens is 2. The lowest BCUT2D eigenvalue weighted by molar-refractivity contribution is 0.0753. The van der Waals surface area contributed by atoms with Gasteiger partial charge in [0.25, 0.3) is 5.91 Å². The zero-order valence-corrected chi connectivity index (χ0v) is 10.8. The molecule has 2 aromatic heterocycles. The van der Waals surface area contributed by atoms with E-state index in [2.05, 4.69) is 9.97 Å². The minimum absolute atomic E-state index is 0.0841. The fourth-order valence-electron chi connectivity index (χ4n) is 1.81. The van der Waals surface area contributed by atoms with Crippen LogP contribution >= 0.6 is 0 Å². The van der Waals surface area contributed by atoms with Gasteiger partial charge in [-0.25, -0.2) is 0 Å². The average molecular weight is 256 g/mol. The molecule has 5 heteroatoms. The third-order valence-corrected chi connectivity index (χ3v) is 2.87.